The average molecular weight is 198 g/mol. The van der Waals surface area contributed by atoms with E-state index in [1.54, 1.807) is 0 Å². The number of aromatic nitrogens is 4. The summed E-state index contributed by atoms with van der Waals surface area (Å²) < 4.78 is 1.13. The van der Waals surface area contributed by atoms with Crippen molar-refractivity contribution in [1.29, 1.82) is 0 Å². The molecule has 2 aromatic rings. The molecule has 0 amide bonds. The molecule has 2 aromatic heterocycles. The van der Waals surface area contributed by atoms with Gasteiger partial charge in [-0.15, -0.1) is 14.8 Å². The van der Waals surface area contributed by atoms with Crippen LogP contribution in [-0.2, 0) is 0 Å². The van der Waals surface area contributed by atoms with Crippen molar-refractivity contribution in [2.75, 3.05) is 0 Å². The van der Waals surface area contributed by atoms with Gasteiger partial charge in [0.05, 0.1) is 5.97 Å². The van der Waals surface area contributed by atoms with Crippen molar-refractivity contribution >= 4 is 23.2 Å². The fourth-order valence-corrected chi connectivity index (χ4v) is 1.09. The first-order chi connectivity index (χ1) is 6.18. The maximum Gasteiger partial charge on any atom is 0.176 e. The Morgan fingerprint density at radius 3 is 3.08 bits per heavy atom. The summed E-state index contributed by atoms with van der Waals surface area (Å²) in [5.74, 6) is -1.39. The van der Waals surface area contributed by atoms with Gasteiger partial charge < -0.3 is 9.90 Å². The van der Waals surface area contributed by atoms with Gasteiger partial charge in [-0.1, -0.05) is 11.6 Å². The minimum Gasteiger partial charge on any atom is -0.545 e. The third-order valence-electron chi connectivity index (χ3n) is 1.45. The Labute approximate surface area is 76.8 Å². The first-order valence-electron chi connectivity index (χ1n) is 3.26. The highest BCUT2D eigenvalue weighted by atomic mass is 35.5. The molecule has 0 aliphatic carbocycles. The fraction of sp³-hybridized carbons (Fsp3) is 0. The van der Waals surface area contributed by atoms with Gasteiger partial charge in [-0.2, -0.15) is 0 Å². The predicted octanol–water partition coefficient (Wildman–Crippen LogP) is -0.859. The normalized spacial score (nSPS) is 10.5. The molecule has 0 aliphatic heterocycles. The lowest BCUT2D eigenvalue weighted by molar-refractivity contribution is -0.255. The van der Waals surface area contributed by atoms with E-state index in [1.807, 2.05) is 0 Å². The van der Waals surface area contributed by atoms with Crippen molar-refractivity contribution < 1.29 is 9.90 Å². The number of carboxylic acids is 1. The molecule has 66 valence electrons. The summed E-state index contributed by atoms with van der Waals surface area (Å²) in [4.78, 5) is 14.2. The van der Waals surface area contributed by atoms with Gasteiger partial charge in [-0.25, -0.2) is 4.98 Å². The van der Waals surface area contributed by atoms with E-state index in [9.17, 15) is 9.90 Å². The van der Waals surface area contributed by atoms with Crippen LogP contribution >= 0.6 is 11.6 Å². The number of fused-ring (bicyclic) bond motifs is 1. The van der Waals surface area contributed by atoms with Crippen LogP contribution in [0.3, 0.4) is 0 Å². The maximum absolute atomic E-state index is 10.5. The SMILES string of the molecule is O=C([O-])c1cc2ncnn2nc1Cl. The topological polar surface area (TPSA) is 83.2 Å². The summed E-state index contributed by atoms with van der Waals surface area (Å²) in [5.41, 5.74) is 0.116. The molecule has 0 unspecified atom stereocenters. The van der Waals surface area contributed by atoms with E-state index in [0.29, 0.717) is 5.65 Å². The molecular formula is C6H2ClN4O2-. The monoisotopic (exact) mass is 197 g/mol. The first-order valence-corrected chi connectivity index (χ1v) is 3.64. The quantitative estimate of drug-likeness (QED) is 0.594. The van der Waals surface area contributed by atoms with Crippen molar-refractivity contribution in [2.45, 2.75) is 0 Å². The molecule has 0 saturated carbocycles. The second-order valence-electron chi connectivity index (χ2n) is 2.24. The highest BCUT2D eigenvalue weighted by Crippen LogP contribution is 2.12. The molecule has 0 aliphatic rings. The first kappa shape index (κ1) is 7.93. The summed E-state index contributed by atoms with van der Waals surface area (Å²) in [6.45, 7) is 0. The van der Waals surface area contributed by atoms with Crippen molar-refractivity contribution in [3.05, 3.63) is 23.1 Å². The van der Waals surface area contributed by atoms with Gasteiger partial charge in [0, 0.05) is 5.56 Å². The van der Waals surface area contributed by atoms with Gasteiger partial charge in [-0.05, 0) is 6.07 Å². The summed E-state index contributed by atoms with van der Waals surface area (Å²) >= 11 is 5.53. The third-order valence-corrected chi connectivity index (χ3v) is 1.73. The number of hydrogen-bond donors (Lipinski definition) is 0. The van der Waals surface area contributed by atoms with Crippen LogP contribution in [0, 0.1) is 0 Å². The van der Waals surface area contributed by atoms with E-state index in [-0.39, 0.29) is 10.7 Å². The van der Waals surface area contributed by atoms with E-state index in [4.69, 9.17) is 11.6 Å². The molecule has 0 aromatic carbocycles. The Hall–Kier alpha value is -1.69. The summed E-state index contributed by atoms with van der Waals surface area (Å²) in [7, 11) is 0. The number of rotatable bonds is 1. The number of hydrogen-bond acceptors (Lipinski definition) is 5. The molecule has 0 saturated heterocycles. The minimum absolute atomic E-state index is 0.169. The molecule has 2 rings (SSSR count). The van der Waals surface area contributed by atoms with Crippen molar-refractivity contribution in [3.8, 4) is 0 Å². The van der Waals surface area contributed by atoms with Gasteiger partial charge in [0.1, 0.15) is 6.33 Å². The molecule has 0 bridgehead atoms. The van der Waals surface area contributed by atoms with E-state index >= 15 is 0 Å². The number of nitrogens with zero attached hydrogens (tertiary/aromatic N) is 4. The van der Waals surface area contributed by atoms with E-state index in [0.717, 1.165) is 4.63 Å². The molecule has 2 heterocycles. The van der Waals surface area contributed by atoms with Crippen LogP contribution in [0.2, 0.25) is 5.15 Å². The molecule has 0 spiro atoms. The largest absolute Gasteiger partial charge is 0.545 e. The van der Waals surface area contributed by atoms with Crippen LogP contribution in [0.5, 0.6) is 0 Å². The smallest absolute Gasteiger partial charge is 0.176 e. The molecule has 0 radical (unpaired) electrons. The molecule has 0 atom stereocenters. The number of carbonyl (C=O) groups is 1. The van der Waals surface area contributed by atoms with E-state index in [1.165, 1.54) is 12.4 Å². The van der Waals surface area contributed by atoms with Crippen molar-refractivity contribution in [3.63, 3.8) is 0 Å². The third kappa shape index (κ3) is 1.20. The zero-order valence-electron chi connectivity index (χ0n) is 6.14. The van der Waals surface area contributed by atoms with Crippen LogP contribution in [0.4, 0.5) is 0 Å². The zero-order valence-corrected chi connectivity index (χ0v) is 6.89. The standard InChI is InChI=1S/C6H3ClN4O2/c7-5-3(6(12)13)1-4-8-2-9-11(4)10-5/h1-2H,(H,12,13)/p-1. The minimum atomic E-state index is -1.39. The Morgan fingerprint density at radius 2 is 2.38 bits per heavy atom. The average Bonchev–Trinajstić information content (AvgIpc) is 2.48. The Balaban J connectivity index is 2.76. The van der Waals surface area contributed by atoms with Gasteiger partial charge in [0.15, 0.2) is 10.8 Å². The number of aromatic carboxylic acids is 1. The maximum atomic E-state index is 10.5. The van der Waals surface area contributed by atoms with E-state index < -0.39 is 5.97 Å². The van der Waals surface area contributed by atoms with Gasteiger partial charge in [-0.3, -0.25) is 0 Å². The molecular weight excluding hydrogens is 196 g/mol. The highest BCUT2D eigenvalue weighted by molar-refractivity contribution is 6.32. The lowest BCUT2D eigenvalue weighted by Crippen LogP contribution is -2.23. The van der Waals surface area contributed by atoms with E-state index in [2.05, 4.69) is 15.2 Å². The highest BCUT2D eigenvalue weighted by Gasteiger charge is 2.06. The van der Waals surface area contributed by atoms with Crippen LogP contribution in [-0.4, -0.2) is 25.8 Å². The number of carbonyl (C=O) groups excluding carboxylic acids is 1. The molecule has 0 N–H and O–H groups in total. The fourth-order valence-electron chi connectivity index (χ4n) is 0.886. The van der Waals surface area contributed by atoms with Crippen LogP contribution in [0.1, 0.15) is 10.4 Å². The van der Waals surface area contributed by atoms with Crippen LogP contribution in [0.15, 0.2) is 12.4 Å². The number of carboxylic acid groups (broad SMARTS) is 1. The second-order valence-corrected chi connectivity index (χ2v) is 2.60. The van der Waals surface area contributed by atoms with Gasteiger partial charge >= 0.3 is 0 Å². The van der Waals surface area contributed by atoms with Crippen LogP contribution < -0.4 is 5.11 Å². The molecule has 7 heteroatoms. The van der Waals surface area contributed by atoms with Crippen molar-refractivity contribution in [1.82, 2.24) is 19.8 Å². The molecule has 0 fully saturated rings. The Kier molecular flexibility index (Phi) is 1.63. The summed E-state index contributed by atoms with van der Waals surface area (Å²) in [5, 5.41) is 17.6. The number of halogens is 1. The molecule has 6 nitrogen and oxygen atoms in total. The Morgan fingerprint density at radius 1 is 1.62 bits per heavy atom. The zero-order chi connectivity index (χ0) is 9.42. The lowest BCUT2D eigenvalue weighted by atomic mass is 10.3. The lowest BCUT2D eigenvalue weighted by Gasteiger charge is -2.02. The predicted molar refractivity (Wildman–Crippen MR) is 40.1 cm³/mol. The second kappa shape index (κ2) is 2.67. The van der Waals surface area contributed by atoms with Crippen molar-refractivity contribution in [2.24, 2.45) is 0 Å². The Bertz CT molecular complexity index is 480. The van der Waals surface area contributed by atoms with Crippen LogP contribution in [0.25, 0.3) is 5.65 Å². The summed E-state index contributed by atoms with van der Waals surface area (Å²) in [6.07, 6.45) is 1.25. The van der Waals surface area contributed by atoms with Gasteiger partial charge in [0.2, 0.25) is 0 Å². The summed E-state index contributed by atoms with van der Waals surface area (Å²) in [6, 6.07) is 1.25. The molecule has 13 heavy (non-hydrogen) atoms. The van der Waals surface area contributed by atoms with Gasteiger partial charge in [0.25, 0.3) is 0 Å².